The topological polar surface area (TPSA) is 9.23 Å². The molecule has 39 heavy (non-hydrogen) atoms. The molecular formula is C34H44F4O. The number of hydrogen-bond donors (Lipinski definition) is 0. The van der Waals surface area contributed by atoms with Crippen LogP contribution in [0, 0.1) is 29.2 Å². The highest BCUT2D eigenvalue weighted by Crippen LogP contribution is 2.42. The summed E-state index contributed by atoms with van der Waals surface area (Å²) >= 11 is 0. The van der Waals surface area contributed by atoms with Gasteiger partial charge < -0.3 is 4.74 Å². The molecule has 0 aliphatic heterocycles. The molecule has 0 heterocycles. The molecule has 0 N–H and O–H groups in total. The minimum Gasteiger partial charge on any atom is -0.490 e. The van der Waals surface area contributed by atoms with Gasteiger partial charge >= 0.3 is 0 Å². The van der Waals surface area contributed by atoms with Crippen molar-refractivity contribution < 1.29 is 22.3 Å². The number of benzene rings is 2. The molecule has 2 aromatic carbocycles. The summed E-state index contributed by atoms with van der Waals surface area (Å²) in [6.07, 6.45) is 15.1. The highest BCUT2D eigenvalue weighted by molar-refractivity contribution is 5.68. The minimum atomic E-state index is -0.959. The minimum absolute atomic E-state index is 0.0541. The quantitative estimate of drug-likeness (QED) is 0.191. The molecule has 0 radical (unpaired) electrons. The van der Waals surface area contributed by atoms with E-state index in [0.717, 1.165) is 44.9 Å². The molecule has 1 unspecified atom stereocenters. The fourth-order valence-electron chi connectivity index (χ4n) is 6.27. The summed E-state index contributed by atoms with van der Waals surface area (Å²) < 4.78 is 65.5. The van der Waals surface area contributed by atoms with E-state index in [0.29, 0.717) is 48.5 Å². The van der Waals surface area contributed by atoms with Gasteiger partial charge in [0.25, 0.3) is 0 Å². The third kappa shape index (κ3) is 7.46. The fraction of sp³-hybridized carbons (Fsp3) is 0.588. The van der Waals surface area contributed by atoms with Crippen LogP contribution in [0.25, 0.3) is 5.57 Å². The first-order chi connectivity index (χ1) is 18.9. The molecule has 0 amide bonds. The van der Waals surface area contributed by atoms with E-state index in [1.807, 2.05) is 6.08 Å². The summed E-state index contributed by atoms with van der Waals surface area (Å²) in [5.41, 5.74) is 1.82. The first-order valence-corrected chi connectivity index (χ1v) is 15.2. The van der Waals surface area contributed by atoms with Gasteiger partial charge in [-0.3, -0.25) is 0 Å². The second-order valence-corrected chi connectivity index (χ2v) is 11.7. The Kier molecular flexibility index (Phi) is 10.9. The van der Waals surface area contributed by atoms with Crippen LogP contribution in [0.2, 0.25) is 0 Å². The monoisotopic (exact) mass is 544 g/mol. The van der Waals surface area contributed by atoms with Gasteiger partial charge in [0.05, 0.1) is 6.61 Å². The lowest BCUT2D eigenvalue weighted by molar-refractivity contribution is 0.284. The van der Waals surface area contributed by atoms with Crippen molar-refractivity contribution >= 4 is 5.57 Å². The van der Waals surface area contributed by atoms with Crippen LogP contribution < -0.4 is 4.74 Å². The maximum absolute atomic E-state index is 15.2. The van der Waals surface area contributed by atoms with E-state index in [2.05, 4.69) is 13.8 Å². The number of ether oxygens (including phenoxy) is 1. The Morgan fingerprint density at radius 2 is 1.33 bits per heavy atom. The first-order valence-electron chi connectivity index (χ1n) is 15.2. The maximum Gasteiger partial charge on any atom is 0.201 e. The molecule has 5 heteroatoms. The molecule has 0 aromatic heterocycles. The molecular weight excluding hydrogens is 500 g/mol. The molecule has 1 fully saturated rings. The van der Waals surface area contributed by atoms with E-state index in [4.69, 9.17) is 4.74 Å². The van der Waals surface area contributed by atoms with Crippen molar-refractivity contribution in [2.24, 2.45) is 5.92 Å². The van der Waals surface area contributed by atoms with Gasteiger partial charge in [-0.05, 0) is 85.1 Å². The van der Waals surface area contributed by atoms with Crippen LogP contribution in [-0.2, 0) is 0 Å². The number of unbranched alkanes of at least 4 members (excludes halogenated alkanes) is 6. The van der Waals surface area contributed by atoms with Crippen molar-refractivity contribution in [2.45, 2.75) is 116 Å². The Morgan fingerprint density at radius 1 is 0.692 bits per heavy atom. The Balaban J connectivity index is 1.34. The van der Waals surface area contributed by atoms with Gasteiger partial charge in [0.15, 0.2) is 23.2 Å². The van der Waals surface area contributed by atoms with E-state index in [1.54, 1.807) is 18.2 Å². The van der Waals surface area contributed by atoms with Gasteiger partial charge in [-0.2, -0.15) is 4.39 Å². The van der Waals surface area contributed by atoms with E-state index in [1.165, 1.54) is 31.7 Å². The molecule has 214 valence electrons. The van der Waals surface area contributed by atoms with Gasteiger partial charge in [-0.15, -0.1) is 0 Å². The largest absolute Gasteiger partial charge is 0.490 e. The summed E-state index contributed by atoms with van der Waals surface area (Å²) in [7, 11) is 0. The molecule has 2 aliphatic carbocycles. The first kappa shape index (κ1) is 29.7. The summed E-state index contributed by atoms with van der Waals surface area (Å²) in [6.45, 7) is 4.77. The standard InChI is InChI=1S/C34H44F4O/c1-3-4-5-6-7-8-9-22-39-30-21-20-29(33(37)34(30)38)26-16-14-25(15-17-26)28-19-18-27(31(35)32(28)36)24-12-10-23(2)11-13-24/h16,18-21,23-25H,3-15,17,22H2,1-2H3. The van der Waals surface area contributed by atoms with Gasteiger partial charge in [-0.1, -0.05) is 83.4 Å². The summed E-state index contributed by atoms with van der Waals surface area (Å²) in [4.78, 5) is 0. The third-order valence-corrected chi connectivity index (χ3v) is 8.85. The predicted molar refractivity (Wildman–Crippen MR) is 151 cm³/mol. The molecule has 2 aromatic rings. The third-order valence-electron chi connectivity index (χ3n) is 8.85. The lowest BCUT2D eigenvalue weighted by Crippen LogP contribution is -2.14. The molecule has 0 bridgehead atoms. The Bertz CT molecular complexity index is 1120. The van der Waals surface area contributed by atoms with Crippen molar-refractivity contribution in [1.29, 1.82) is 0 Å². The van der Waals surface area contributed by atoms with Crippen molar-refractivity contribution in [3.8, 4) is 5.75 Å². The Hall–Kier alpha value is -2.30. The average molecular weight is 545 g/mol. The predicted octanol–water partition coefficient (Wildman–Crippen LogP) is 11.0. The van der Waals surface area contributed by atoms with Gasteiger partial charge in [0, 0.05) is 5.56 Å². The highest BCUT2D eigenvalue weighted by Gasteiger charge is 2.28. The number of halogens is 4. The number of rotatable bonds is 12. The normalized spacial score (nSPS) is 21.6. The van der Waals surface area contributed by atoms with Crippen LogP contribution in [0.15, 0.2) is 30.3 Å². The molecule has 1 nitrogen and oxygen atoms in total. The number of hydrogen-bond acceptors (Lipinski definition) is 1. The smallest absolute Gasteiger partial charge is 0.201 e. The van der Waals surface area contributed by atoms with E-state index >= 15 is 8.78 Å². The van der Waals surface area contributed by atoms with E-state index in [9.17, 15) is 8.78 Å². The van der Waals surface area contributed by atoms with Crippen LogP contribution >= 0.6 is 0 Å². The summed E-state index contributed by atoms with van der Waals surface area (Å²) in [6, 6.07) is 6.59. The fourth-order valence-corrected chi connectivity index (χ4v) is 6.27. The van der Waals surface area contributed by atoms with Gasteiger partial charge in [0.1, 0.15) is 0 Å². The second-order valence-electron chi connectivity index (χ2n) is 11.7. The van der Waals surface area contributed by atoms with Crippen LogP contribution in [0.5, 0.6) is 5.75 Å². The zero-order valence-electron chi connectivity index (χ0n) is 23.6. The molecule has 2 aliphatic rings. The zero-order chi connectivity index (χ0) is 27.8. The summed E-state index contributed by atoms with van der Waals surface area (Å²) in [5, 5.41) is 0. The van der Waals surface area contributed by atoms with Crippen molar-refractivity contribution in [1.82, 2.24) is 0 Å². The Morgan fingerprint density at radius 3 is 1.97 bits per heavy atom. The van der Waals surface area contributed by atoms with Crippen molar-refractivity contribution in [3.63, 3.8) is 0 Å². The molecule has 4 rings (SSSR count). The Labute approximate surface area is 232 Å². The van der Waals surface area contributed by atoms with E-state index < -0.39 is 23.3 Å². The molecule has 1 saturated carbocycles. The second kappa shape index (κ2) is 14.4. The van der Waals surface area contributed by atoms with E-state index in [-0.39, 0.29) is 23.1 Å². The number of allylic oxidation sites excluding steroid dienone is 2. The molecule has 0 saturated heterocycles. The average Bonchev–Trinajstić information content (AvgIpc) is 2.95. The van der Waals surface area contributed by atoms with Gasteiger partial charge in [-0.25, -0.2) is 13.2 Å². The van der Waals surface area contributed by atoms with Crippen molar-refractivity contribution in [3.05, 3.63) is 70.3 Å². The lowest BCUT2D eigenvalue weighted by Gasteiger charge is -2.28. The van der Waals surface area contributed by atoms with Crippen LogP contribution in [-0.4, -0.2) is 6.61 Å². The SMILES string of the molecule is CCCCCCCCCOc1ccc(C2=CCC(c3ccc(C4CCC(C)CC4)c(F)c3F)CC2)c(F)c1F. The maximum atomic E-state index is 15.2. The van der Waals surface area contributed by atoms with Crippen LogP contribution in [0.4, 0.5) is 17.6 Å². The van der Waals surface area contributed by atoms with Gasteiger partial charge in [0.2, 0.25) is 5.82 Å². The van der Waals surface area contributed by atoms with Crippen LogP contribution in [0.3, 0.4) is 0 Å². The zero-order valence-corrected chi connectivity index (χ0v) is 23.6. The molecule has 0 spiro atoms. The highest BCUT2D eigenvalue weighted by atomic mass is 19.2. The summed E-state index contributed by atoms with van der Waals surface area (Å²) in [5.74, 6) is -2.81. The van der Waals surface area contributed by atoms with Crippen molar-refractivity contribution in [2.75, 3.05) is 6.61 Å². The molecule has 1 atom stereocenters. The lowest BCUT2D eigenvalue weighted by atomic mass is 9.78. The van der Waals surface area contributed by atoms with Crippen LogP contribution in [0.1, 0.15) is 132 Å².